The first kappa shape index (κ1) is 8.54. The fourth-order valence-corrected chi connectivity index (χ4v) is 2.22. The Bertz CT molecular complexity index is 220. The van der Waals surface area contributed by atoms with Crippen molar-refractivity contribution in [3.8, 4) is 0 Å². The molecule has 1 unspecified atom stereocenters. The minimum absolute atomic E-state index is 0.143. The van der Waals surface area contributed by atoms with E-state index >= 15 is 0 Å². The summed E-state index contributed by atoms with van der Waals surface area (Å²) in [6.45, 7) is 3.65. The van der Waals surface area contributed by atoms with E-state index in [1.165, 1.54) is 4.46 Å². The normalized spacial score (nSPS) is 12.5. The molecular weight excluding hydrogens is 201 g/mol. The van der Waals surface area contributed by atoms with Crippen LogP contribution < -0.4 is 10.2 Å². The average molecular weight is 212 g/mol. The fraction of sp³-hybridized carbons (Fsp3) is 0.111. The Morgan fingerprint density at radius 2 is 2.00 bits per heavy atom. The van der Waals surface area contributed by atoms with E-state index in [-0.39, 0.29) is 4.94 Å². The molecule has 0 radical (unpaired) electrons. The molecule has 0 amide bonds. The quantitative estimate of drug-likeness (QED) is 0.572. The van der Waals surface area contributed by atoms with Gasteiger partial charge in [0.15, 0.2) is 0 Å². The Hall–Kier alpha value is -0.561. The molecule has 0 aliphatic carbocycles. The van der Waals surface area contributed by atoms with Crippen LogP contribution in [0.1, 0.15) is 0 Å². The molecule has 1 atom stereocenters. The summed E-state index contributed by atoms with van der Waals surface area (Å²) in [5.74, 6) is 0. The van der Waals surface area contributed by atoms with Gasteiger partial charge >= 0.3 is 73.1 Å². The Morgan fingerprint density at radius 3 is 2.55 bits per heavy atom. The first-order chi connectivity index (χ1) is 5.33. The minimum atomic E-state index is 0.143. The van der Waals surface area contributed by atoms with Gasteiger partial charge in [-0.25, -0.2) is 0 Å². The Labute approximate surface area is 73.5 Å². The van der Waals surface area contributed by atoms with E-state index in [0.717, 1.165) is 0 Å². The van der Waals surface area contributed by atoms with Crippen molar-refractivity contribution in [2.45, 2.75) is 4.94 Å². The third-order valence-corrected chi connectivity index (χ3v) is 3.36. The van der Waals surface area contributed by atoms with Crippen LogP contribution in [-0.2, 0) is 0 Å². The Balaban J connectivity index is 2.57. The molecule has 0 fully saturated rings. The zero-order valence-electron chi connectivity index (χ0n) is 6.23. The molecule has 2 heteroatoms. The zero-order valence-corrected chi connectivity index (χ0v) is 7.95. The van der Waals surface area contributed by atoms with Crippen molar-refractivity contribution in [2.24, 2.45) is 5.73 Å². The number of hydrogen-bond acceptors (Lipinski definition) is 1. The van der Waals surface area contributed by atoms with Crippen LogP contribution >= 0.6 is 0 Å². The number of nitrogens with two attached hydrogens (primary N) is 1. The standard InChI is InChI=1S/C9H11NSe/c1-2-9(10)11-8-6-4-3-5-7-8/h2-7,9H,1,10H2. The van der Waals surface area contributed by atoms with Gasteiger partial charge in [0.2, 0.25) is 0 Å². The van der Waals surface area contributed by atoms with Crippen molar-refractivity contribution in [1.29, 1.82) is 0 Å². The summed E-state index contributed by atoms with van der Waals surface area (Å²) in [7, 11) is 0. The van der Waals surface area contributed by atoms with E-state index in [1.54, 1.807) is 6.08 Å². The van der Waals surface area contributed by atoms with Gasteiger partial charge in [-0.15, -0.1) is 0 Å². The molecule has 1 aromatic carbocycles. The van der Waals surface area contributed by atoms with Gasteiger partial charge in [-0.3, -0.25) is 0 Å². The van der Waals surface area contributed by atoms with Crippen LogP contribution in [0.15, 0.2) is 43.0 Å². The van der Waals surface area contributed by atoms with Crippen LogP contribution in [0.2, 0.25) is 0 Å². The summed E-state index contributed by atoms with van der Waals surface area (Å²) in [4.78, 5) is 0.143. The predicted octanol–water partition coefficient (Wildman–Crippen LogP) is 0.487. The van der Waals surface area contributed by atoms with Gasteiger partial charge < -0.3 is 0 Å². The van der Waals surface area contributed by atoms with E-state index in [4.69, 9.17) is 5.73 Å². The van der Waals surface area contributed by atoms with E-state index in [1.807, 2.05) is 18.2 Å². The molecule has 2 N–H and O–H groups in total. The van der Waals surface area contributed by atoms with E-state index in [0.29, 0.717) is 15.0 Å². The van der Waals surface area contributed by atoms with Crippen molar-refractivity contribution < 1.29 is 0 Å². The second-order valence-corrected chi connectivity index (χ2v) is 4.76. The zero-order chi connectivity index (χ0) is 8.10. The Morgan fingerprint density at radius 1 is 1.36 bits per heavy atom. The van der Waals surface area contributed by atoms with Crippen molar-refractivity contribution in [1.82, 2.24) is 0 Å². The van der Waals surface area contributed by atoms with Gasteiger partial charge in [-0.2, -0.15) is 0 Å². The van der Waals surface area contributed by atoms with Crippen molar-refractivity contribution in [2.75, 3.05) is 0 Å². The van der Waals surface area contributed by atoms with Crippen LogP contribution in [0.4, 0.5) is 0 Å². The third kappa shape index (κ3) is 2.89. The van der Waals surface area contributed by atoms with Crippen LogP contribution in [0.3, 0.4) is 0 Å². The summed E-state index contributed by atoms with van der Waals surface area (Å²) in [5.41, 5.74) is 5.71. The average Bonchev–Trinajstić information content (AvgIpc) is 2.06. The summed E-state index contributed by atoms with van der Waals surface area (Å²) in [6, 6.07) is 10.3. The van der Waals surface area contributed by atoms with Gasteiger partial charge in [0.1, 0.15) is 0 Å². The number of rotatable bonds is 3. The van der Waals surface area contributed by atoms with Crippen LogP contribution in [-0.4, -0.2) is 19.9 Å². The van der Waals surface area contributed by atoms with Crippen molar-refractivity contribution in [3.05, 3.63) is 43.0 Å². The molecule has 0 aliphatic rings. The van der Waals surface area contributed by atoms with Gasteiger partial charge in [-0.1, -0.05) is 0 Å². The number of hydrogen-bond donors (Lipinski definition) is 1. The summed E-state index contributed by atoms with van der Waals surface area (Å²) < 4.78 is 1.33. The van der Waals surface area contributed by atoms with Crippen LogP contribution in [0, 0.1) is 0 Å². The molecule has 11 heavy (non-hydrogen) atoms. The molecule has 1 aromatic rings. The predicted molar refractivity (Wildman–Crippen MR) is 50.0 cm³/mol. The molecule has 0 heterocycles. The molecule has 0 aliphatic heterocycles. The summed E-state index contributed by atoms with van der Waals surface area (Å²) in [5, 5.41) is 0. The summed E-state index contributed by atoms with van der Waals surface area (Å²) >= 11 is 0.336. The fourth-order valence-electron chi connectivity index (χ4n) is 0.704. The molecule has 1 rings (SSSR count). The van der Waals surface area contributed by atoms with Crippen molar-refractivity contribution in [3.63, 3.8) is 0 Å². The van der Waals surface area contributed by atoms with Crippen LogP contribution in [0.25, 0.3) is 0 Å². The van der Waals surface area contributed by atoms with E-state index < -0.39 is 0 Å². The molecule has 0 saturated heterocycles. The van der Waals surface area contributed by atoms with E-state index in [2.05, 4.69) is 18.7 Å². The second-order valence-electron chi connectivity index (χ2n) is 2.13. The monoisotopic (exact) mass is 213 g/mol. The van der Waals surface area contributed by atoms with Gasteiger partial charge in [0.25, 0.3) is 0 Å². The Kier molecular flexibility index (Phi) is 3.37. The molecule has 0 spiro atoms. The maximum atomic E-state index is 5.71. The molecule has 1 nitrogen and oxygen atoms in total. The SMILES string of the molecule is C=CC(N)[Se]c1ccccc1. The molecule has 58 valence electrons. The van der Waals surface area contributed by atoms with Gasteiger partial charge in [0, 0.05) is 0 Å². The third-order valence-electron chi connectivity index (χ3n) is 1.25. The molecular formula is C9H11NSe. The first-order valence-corrected chi connectivity index (χ1v) is 5.27. The summed E-state index contributed by atoms with van der Waals surface area (Å²) in [6.07, 6.45) is 1.80. The van der Waals surface area contributed by atoms with Crippen LogP contribution in [0.5, 0.6) is 0 Å². The maximum absolute atomic E-state index is 5.71. The first-order valence-electron chi connectivity index (χ1n) is 3.43. The van der Waals surface area contributed by atoms with Gasteiger partial charge in [0.05, 0.1) is 0 Å². The molecule has 0 saturated carbocycles. The number of benzene rings is 1. The van der Waals surface area contributed by atoms with E-state index in [9.17, 15) is 0 Å². The second kappa shape index (κ2) is 4.34. The molecule has 0 bridgehead atoms. The molecule has 0 aromatic heterocycles. The topological polar surface area (TPSA) is 26.0 Å². The van der Waals surface area contributed by atoms with Gasteiger partial charge in [-0.05, 0) is 0 Å². The van der Waals surface area contributed by atoms with Crippen molar-refractivity contribution >= 4 is 19.4 Å².